The Balaban J connectivity index is 1.61. The molecule has 3 rings (SSSR count). The van der Waals surface area contributed by atoms with E-state index < -0.39 is 0 Å². The Hall–Kier alpha value is -2.14. The second kappa shape index (κ2) is 7.18. The molecule has 1 aliphatic rings. The highest BCUT2D eigenvalue weighted by molar-refractivity contribution is 5.94. The van der Waals surface area contributed by atoms with Gasteiger partial charge in [-0.05, 0) is 48.4 Å². The largest absolute Gasteiger partial charge is 0.396 e. The standard InChI is InChI=1S/C19H25N3O2/c1-2-19(15-23)8-12-21(13-9-19)18(24)17-6-4-16(5-7-17)14-22-11-3-10-20-22/h3-7,10-11,23H,2,8-9,12-15H2,1H3. The molecule has 5 nitrogen and oxygen atoms in total. The molecule has 0 unspecified atom stereocenters. The number of rotatable bonds is 5. The number of aromatic nitrogens is 2. The Morgan fingerprint density at radius 3 is 2.50 bits per heavy atom. The van der Waals surface area contributed by atoms with E-state index in [1.807, 2.05) is 46.1 Å². The van der Waals surface area contributed by atoms with Crippen molar-refractivity contribution in [1.82, 2.24) is 14.7 Å². The van der Waals surface area contributed by atoms with Crippen LogP contribution < -0.4 is 0 Å². The van der Waals surface area contributed by atoms with Gasteiger partial charge in [0.25, 0.3) is 5.91 Å². The van der Waals surface area contributed by atoms with Gasteiger partial charge in [-0.2, -0.15) is 5.10 Å². The van der Waals surface area contributed by atoms with E-state index in [4.69, 9.17) is 0 Å². The molecule has 0 aliphatic carbocycles. The summed E-state index contributed by atoms with van der Waals surface area (Å²) >= 11 is 0. The van der Waals surface area contributed by atoms with Gasteiger partial charge in [0.05, 0.1) is 6.54 Å². The average molecular weight is 327 g/mol. The zero-order valence-corrected chi connectivity index (χ0v) is 14.2. The molecule has 0 atom stereocenters. The number of likely N-dealkylation sites (tertiary alicyclic amines) is 1. The molecule has 1 saturated heterocycles. The van der Waals surface area contributed by atoms with Crippen molar-refractivity contribution in [2.24, 2.45) is 5.41 Å². The topological polar surface area (TPSA) is 58.4 Å². The predicted octanol–water partition coefficient (Wildman–Crippen LogP) is 2.56. The van der Waals surface area contributed by atoms with Crippen LogP contribution in [0.5, 0.6) is 0 Å². The van der Waals surface area contributed by atoms with Gasteiger partial charge in [0.2, 0.25) is 0 Å². The van der Waals surface area contributed by atoms with Crippen LogP contribution in [0.1, 0.15) is 42.1 Å². The quantitative estimate of drug-likeness (QED) is 0.918. The summed E-state index contributed by atoms with van der Waals surface area (Å²) in [5.41, 5.74) is 1.86. The summed E-state index contributed by atoms with van der Waals surface area (Å²) in [4.78, 5) is 14.6. The molecule has 1 aromatic heterocycles. The third-order valence-electron chi connectivity index (χ3n) is 5.30. The lowest BCUT2D eigenvalue weighted by Gasteiger charge is -2.40. The third-order valence-corrected chi connectivity index (χ3v) is 5.30. The van der Waals surface area contributed by atoms with Crippen molar-refractivity contribution in [3.63, 3.8) is 0 Å². The first-order valence-electron chi connectivity index (χ1n) is 8.62. The lowest BCUT2D eigenvalue weighted by molar-refractivity contribution is 0.0338. The summed E-state index contributed by atoms with van der Waals surface area (Å²) in [5.74, 6) is 0.0864. The smallest absolute Gasteiger partial charge is 0.253 e. The zero-order chi connectivity index (χ0) is 17.0. The number of amides is 1. The molecular formula is C19H25N3O2. The van der Waals surface area contributed by atoms with Gasteiger partial charge in [-0.15, -0.1) is 0 Å². The molecule has 1 amide bonds. The van der Waals surface area contributed by atoms with Crippen LogP contribution >= 0.6 is 0 Å². The highest BCUT2D eigenvalue weighted by Gasteiger charge is 2.34. The first kappa shape index (κ1) is 16.7. The minimum Gasteiger partial charge on any atom is -0.396 e. The van der Waals surface area contributed by atoms with Gasteiger partial charge in [0.1, 0.15) is 0 Å². The van der Waals surface area contributed by atoms with Gasteiger partial charge in [0.15, 0.2) is 0 Å². The fourth-order valence-corrected chi connectivity index (χ4v) is 3.32. The minimum atomic E-state index is 0.00437. The molecule has 1 aromatic carbocycles. The van der Waals surface area contributed by atoms with Gasteiger partial charge in [0, 0.05) is 37.7 Å². The van der Waals surface area contributed by atoms with E-state index in [0.717, 1.165) is 43.5 Å². The molecule has 0 bridgehead atoms. The predicted molar refractivity (Wildman–Crippen MR) is 92.7 cm³/mol. The molecule has 0 saturated carbocycles. The molecule has 2 heterocycles. The number of carbonyl (C=O) groups excluding carboxylic acids is 1. The molecule has 1 aliphatic heterocycles. The van der Waals surface area contributed by atoms with Crippen LogP contribution in [0, 0.1) is 5.41 Å². The van der Waals surface area contributed by atoms with Crippen LogP contribution in [0.2, 0.25) is 0 Å². The van der Waals surface area contributed by atoms with Gasteiger partial charge in [-0.25, -0.2) is 0 Å². The Kier molecular flexibility index (Phi) is 5.00. The fourth-order valence-electron chi connectivity index (χ4n) is 3.32. The Morgan fingerprint density at radius 2 is 1.96 bits per heavy atom. The van der Waals surface area contributed by atoms with Crippen LogP contribution in [0.25, 0.3) is 0 Å². The summed E-state index contributed by atoms with van der Waals surface area (Å²) in [7, 11) is 0. The summed E-state index contributed by atoms with van der Waals surface area (Å²) in [6.45, 7) is 4.49. The number of nitrogens with zero attached hydrogens (tertiary/aromatic N) is 3. The van der Waals surface area contributed by atoms with E-state index in [2.05, 4.69) is 12.0 Å². The number of carbonyl (C=O) groups is 1. The van der Waals surface area contributed by atoms with E-state index >= 15 is 0 Å². The average Bonchev–Trinajstić information content (AvgIpc) is 3.15. The van der Waals surface area contributed by atoms with Crippen LogP contribution in [0.4, 0.5) is 0 Å². The lowest BCUT2D eigenvalue weighted by atomic mass is 9.77. The molecular weight excluding hydrogens is 302 g/mol. The number of piperidine rings is 1. The van der Waals surface area contributed by atoms with Gasteiger partial charge in [-0.1, -0.05) is 19.1 Å². The Morgan fingerprint density at radius 1 is 1.25 bits per heavy atom. The monoisotopic (exact) mass is 327 g/mol. The maximum Gasteiger partial charge on any atom is 0.253 e. The van der Waals surface area contributed by atoms with Crippen molar-refractivity contribution in [3.05, 3.63) is 53.9 Å². The summed E-state index contributed by atoms with van der Waals surface area (Å²) in [5, 5.41) is 13.8. The zero-order valence-electron chi connectivity index (χ0n) is 14.2. The summed E-state index contributed by atoms with van der Waals surface area (Å²) in [6.07, 6.45) is 6.41. The number of aliphatic hydroxyl groups is 1. The van der Waals surface area contributed by atoms with E-state index in [-0.39, 0.29) is 17.9 Å². The van der Waals surface area contributed by atoms with E-state index in [0.29, 0.717) is 6.54 Å². The lowest BCUT2D eigenvalue weighted by Crippen LogP contribution is -2.44. The highest BCUT2D eigenvalue weighted by atomic mass is 16.3. The molecule has 2 aromatic rings. The van der Waals surface area contributed by atoms with Crippen LogP contribution in [-0.2, 0) is 6.54 Å². The second-order valence-corrected chi connectivity index (χ2v) is 6.70. The fraction of sp³-hybridized carbons (Fsp3) is 0.474. The Bertz CT molecular complexity index is 650. The van der Waals surface area contributed by atoms with Gasteiger partial charge < -0.3 is 10.0 Å². The number of hydrogen-bond acceptors (Lipinski definition) is 3. The first-order chi connectivity index (χ1) is 11.7. The van der Waals surface area contributed by atoms with E-state index in [1.165, 1.54) is 0 Å². The summed E-state index contributed by atoms with van der Waals surface area (Å²) < 4.78 is 1.86. The SMILES string of the molecule is CCC1(CO)CCN(C(=O)c2ccc(Cn3cccn3)cc2)CC1. The molecule has 0 spiro atoms. The molecule has 24 heavy (non-hydrogen) atoms. The molecule has 128 valence electrons. The van der Waals surface area contributed by atoms with Crippen LogP contribution in [0.15, 0.2) is 42.7 Å². The summed E-state index contributed by atoms with van der Waals surface area (Å²) in [6, 6.07) is 9.67. The van der Waals surface area contributed by atoms with Crippen molar-refractivity contribution in [2.45, 2.75) is 32.7 Å². The van der Waals surface area contributed by atoms with Gasteiger partial charge >= 0.3 is 0 Å². The maximum atomic E-state index is 12.7. The molecule has 1 N–H and O–H groups in total. The van der Waals surface area contributed by atoms with Crippen molar-refractivity contribution >= 4 is 5.91 Å². The molecule has 1 fully saturated rings. The van der Waals surface area contributed by atoms with Crippen molar-refractivity contribution < 1.29 is 9.90 Å². The Labute approximate surface area is 142 Å². The highest BCUT2D eigenvalue weighted by Crippen LogP contribution is 2.34. The van der Waals surface area contributed by atoms with Crippen LogP contribution in [0.3, 0.4) is 0 Å². The van der Waals surface area contributed by atoms with E-state index in [1.54, 1.807) is 6.20 Å². The van der Waals surface area contributed by atoms with Gasteiger partial charge in [-0.3, -0.25) is 9.48 Å². The van der Waals surface area contributed by atoms with Crippen molar-refractivity contribution in [2.75, 3.05) is 19.7 Å². The number of aliphatic hydroxyl groups excluding tert-OH is 1. The first-order valence-corrected chi connectivity index (χ1v) is 8.62. The minimum absolute atomic E-state index is 0.00437. The maximum absolute atomic E-state index is 12.7. The van der Waals surface area contributed by atoms with E-state index in [9.17, 15) is 9.90 Å². The van der Waals surface area contributed by atoms with Crippen molar-refractivity contribution in [1.29, 1.82) is 0 Å². The molecule has 5 heteroatoms. The second-order valence-electron chi connectivity index (χ2n) is 6.70. The number of benzene rings is 1. The number of hydrogen-bond donors (Lipinski definition) is 1. The molecule has 0 radical (unpaired) electrons. The van der Waals surface area contributed by atoms with Crippen LogP contribution in [-0.4, -0.2) is 45.4 Å². The normalized spacial score (nSPS) is 17.0. The van der Waals surface area contributed by atoms with Crippen molar-refractivity contribution in [3.8, 4) is 0 Å². The third kappa shape index (κ3) is 3.51.